The molecule has 0 aromatic heterocycles. The number of halogens is 4. The largest absolute Gasteiger partial charge is 0.493 e. The smallest absolute Gasteiger partial charge is 0.417 e. The number of likely N-dealkylation sites (tertiary alicyclic amines) is 1. The summed E-state index contributed by atoms with van der Waals surface area (Å²) in [6.45, 7) is 4.65. The molecule has 308 valence electrons. The van der Waals surface area contributed by atoms with E-state index in [1.54, 1.807) is 67.3 Å². The molecule has 3 aromatic rings. The van der Waals surface area contributed by atoms with E-state index in [9.17, 15) is 42.0 Å². The molecule has 0 radical (unpaired) electrons. The lowest BCUT2D eigenvalue weighted by Gasteiger charge is -2.34. The molecule has 3 N–H and O–H groups in total. The van der Waals surface area contributed by atoms with E-state index in [1.165, 1.54) is 6.07 Å². The van der Waals surface area contributed by atoms with Gasteiger partial charge in [0.2, 0.25) is 17.7 Å². The second-order valence-corrected chi connectivity index (χ2v) is 15.6. The van der Waals surface area contributed by atoms with Crippen molar-refractivity contribution < 1.29 is 41.5 Å². The maximum atomic E-state index is 13.8. The number of thiol groups is 1. The van der Waals surface area contributed by atoms with Crippen LogP contribution in [0.1, 0.15) is 62.6 Å². The Kier molecular flexibility index (Phi) is 12.9. The van der Waals surface area contributed by atoms with Gasteiger partial charge in [-0.3, -0.25) is 38.7 Å². The third-order valence-corrected chi connectivity index (χ3v) is 11.2. The fourth-order valence-corrected chi connectivity index (χ4v) is 8.33. The number of hydrogen-bond donors (Lipinski definition) is 4. The first-order chi connectivity index (χ1) is 27.6. The van der Waals surface area contributed by atoms with Crippen LogP contribution in [0.15, 0.2) is 60.7 Å². The van der Waals surface area contributed by atoms with Gasteiger partial charge in [-0.1, -0.05) is 6.07 Å². The van der Waals surface area contributed by atoms with Crippen LogP contribution < -0.4 is 30.5 Å². The lowest BCUT2D eigenvalue weighted by molar-refractivity contribution is -0.138. The molecule has 0 spiro atoms. The molecule has 0 aliphatic carbocycles. The first kappa shape index (κ1) is 42.3. The van der Waals surface area contributed by atoms with Crippen LogP contribution in [-0.4, -0.2) is 78.5 Å². The van der Waals surface area contributed by atoms with Crippen molar-refractivity contribution in [1.82, 2.24) is 10.2 Å². The number of amides is 4. The first-order valence-corrected chi connectivity index (χ1v) is 19.6. The van der Waals surface area contributed by atoms with Crippen molar-refractivity contribution in [3.8, 4) is 11.8 Å². The summed E-state index contributed by atoms with van der Waals surface area (Å²) in [6, 6.07) is 16.3. The quantitative estimate of drug-likeness (QED) is 0.0890. The zero-order valence-corrected chi connectivity index (χ0v) is 33.0. The number of alkyl halides is 4. The third-order valence-electron chi connectivity index (χ3n) is 10.8. The molecule has 6 rings (SSSR count). The highest BCUT2D eigenvalue weighted by Crippen LogP contribution is 2.43. The summed E-state index contributed by atoms with van der Waals surface area (Å²) < 4.78 is 61.3. The summed E-state index contributed by atoms with van der Waals surface area (Å²) in [5, 5.41) is 17.6. The van der Waals surface area contributed by atoms with Gasteiger partial charge in [0.15, 0.2) is 5.50 Å². The van der Waals surface area contributed by atoms with Gasteiger partial charge in [-0.15, -0.1) is 12.6 Å². The molecular weight excluding hydrogens is 779 g/mol. The number of nitrogens with zero attached hydrogens (tertiary/aromatic N) is 4. The molecule has 17 heteroatoms. The normalized spacial score (nSPS) is 20.1. The predicted octanol–water partition coefficient (Wildman–Crippen LogP) is 6.27. The predicted molar refractivity (Wildman–Crippen MR) is 213 cm³/mol. The summed E-state index contributed by atoms with van der Waals surface area (Å²) in [4.78, 5) is 55.1. The summed E-state index contributed by atoms with van der Waals surface area (Å²) in [6.07, 6.45) is -1.65. The molecule has 12 nitrogen and oxygen atoms in total. The van der Waals surface area contributed by atoms with Crippen molar-refractivity contribution in [3.63, 3.8) is 0 Å². The Balaban J connectivity index is 1.01. The van der Waals surface area contributed by atoms with Crippen molar-refractivity contribution in [2.24, 2.45) is 5.92 Å². The van der Waals surface area contributed by atoms with Crippen LogP contribution in [0.4, 0.5) is 40.3 Å². The van der Waals surface area contributed by atoms with Crippen LogP contribution in [0.2, 0.25) is 0 Å². The van der Waals surface area contributed by atoms with Crippen LogP contribution >= 0.6 is 12.6 Å². The number of hydrogen-bond acceptors (Lipinski definition) is 10. The van der Waals surface area contributed by atoms with Crippen molar-refractivity contribution >= 4 is 59.0 Å². The molecule has 4 amide bonds. The number of piperidine rings is 2. The third kappa shape index (κ3) is 9.50. The fraction of sp³-hybridized carbons (Fsp3) is 0.439. The Morgan fingerprint density at radius 3 is 2.43 bits per heavy atom. The molecule has 3 aliphatic rings. The lowest BCUT2D eigenvalue weighted by atomic mass is 9.94. The maximum Gasteiger partial charge on any atom is 0.417 e. The minimum Gasteiger partial charge on any atom is -0.493 e. The Bertz CT molecular complexity index is 2090. The molecule has 3 aromatic carbocycles. The van der Waals surface area contributed by atoms with Crippen LogP contribution in [-0.2, 0) is 31.8 Å². The number of rotatable bonds is 13. The number of ether oxygens (including phenoxy) is 1. The zero-order valence-electron chi connectivity index (χ0n) is 32.1. The Labute approximate surface area is 339 Å². The summed E-state index contributed by atoms with van der Waals surface area (Å²) in [7, 11) is 0. The molecule has 0 saturated carbocycles. The van der Waals surface area contributed by atoms with E-state index in [2.05, 4.69) is 33.5 Å². The van der Waals surface area contributed by atoms with E-state index in [0.717, 1.165) is 49.4 Å². The van der Waals surface area contributed by atoms with Gasteiger partial charge in [0.1, 0.15) is 17.3 Å². The average molecular weight is 824 g/mol. The van der Waals surface area contributed by atoms with Crippen molar-refractivity contribution in [3.05, 3.63) is 77.4 Å². The molecule has 2 unspecified atom stereocenters. The van der Waals surface area contributed by atoms with Gasteiger partial charge in [-0.25, -0.2) is 0 Å². The maximum absolute atomic E-state index is 13.8. The number of benzene rings is 3. The van der Waals surface area contributed by atoms with E-state index < -0.39 is 47.0 Å². The van der Waals surface area contributed by atoms with E-state index in [-0.39, 0.29) is 42.8 Å². The van der Waals surface area contributed by atoms with Crippen molar-refractivity contribution in [2.45, 2.75) is 75.6 Å². The number of carbonyl (C=O) groups excluding carboxylic acids is 4. The van der Waals surface area contributed by atoms with E-state index >= 15 is 0 Å². The van der Waals surface area contributed by atoms with Gasteiger partial charge >= 0.3 is 6.18 Å². The second kappa shape index (κ2) is 17.7. The van der Waals surface area contributed by atoms with Gasteiger partial charge in [0.05, 0.1) is 37.0 Å². The Morgan fingerprint density at radius 2 is 1.74 bits per heavy atom. The van der Waals surface area contributed by atoms with Gasteiger partial charge < -0.3 is 20.3 Å². The highest BCUT2D eigenvalue weighted by Gasteiger charge is 2.52. The van der Waals surface area contributed by atoms with E-state index in [1.807, 2.05) is 0 Å². The zero-order chi connectivity index (χ0) is 41.8. The number of anilines is 4. The highest BCUT2D eigenvalue weighted by atomic mass is 32.1. The van der Waals surface area contributed by atoms with Crippen molar-refractivity contribution in [1.29, 1.82) is 5.26 Å². The lowest BCUT2D eigenvalue weighted by Crippen LogP contribution is -2.47. The SMILES string of the molecule is CC1(C)C(=O)N(c2ccc(C#N)c(C(F)(F)F)c2)C(S)N1c1ccc(OCCC2CCN(CC(=O)Nc3cccc(NC4CCC(=O)NC4=O)c3)CC2)c(CCF)c1. The molecule has 2 atom stereocenters. The average Bonchev–Trinajstić information content (AvgIpc) is 3.35. The number of imide groups is 1. The van der Waals surface area contributed by atoms with Crippen molar-refractivity contribution in [2.75, 3.05) is 53.3 Å². The molecule has 3 saturated heterocycles. The van der Waals surface area contributed by atoms with Gasteiger partial charge in [0, 0.05) is 35.6 Å². The highest BCUT2D eigenvalue weighted by molar-refractivity contribution is 7.81. The molecule has 3 aliphatic heterocycles. The number of nitriles is 1. The standard InChI is InChI=1S/C41H45F4N7O5S/c1-40(2)38(56)51(30-7-6-27(23-46)32(22-30)41(43,44)45)39(58)52(40)31-8-10-34(26(20-31)12-16-42)57-19-15-25-13-17-50(18-14-25)24-36(54)48-29-5-3-4-28(21-29)47-33-9-11-35(53)49-37(33)55/h3-8,10,20-22,25,33,39,47,58H,9,11-19,24H2,1-2H3,(H,48,54)(H,49,53,55). The first-order valence-electron chi connectivity index (χ1n) is 19.1. The number of carbonyl (C=O) groups is 4. The van der Waals surface area contributed by atoms with Crippen LogP contribution in [0.25, 0.3) is 0 Å². The Morgan fingerprint density at radius 1 is 1.02 bits per heavy atom. The minimum atomic E-state index is -4.81. The number of aryl methyl sites for hydroxylation is 1. The van der Waals surface area contributed by atoms with Crippen LogP contribution in [0.3, 0.4) is 0 Å². The molecule has 0 bridgehead atoms. The van der Waals surface area contributed by atoms with Gasteiger partial charge in [0.25, 0.3) is 5.91 Å². The summed E-state index contributed by atoms with van der Waals surface area (Å²) >= 11 is 4.67. The van der Waals surface area contributed by atoms with E-state index in [0.29, 0.717) is 47.3 Å². The van der Waals surface area contributed by atoms with Gasteiger partial charge in [-0.2, -0.15) is 18.4 Å². The fourth-order valence-electron chi connectivity index (χ4n) is 7.67. The topological polar surface area (TPSA) is 147 Å². The minimum absolute atomic E-state index is 0.0397. The molecular formula is C41H45F4N7O5S. The van der Waals surface area contributed by atoms with Crippen LogP contribution in [0.5, 0.6) is 5.75 Å². The summed E-state index contributed by atoms with van der Waals surface area (Å²) in [5.41, 5.74) is -1.71. The van der Waals surface area contributed by atoms with Gasteiger partial charge in [-0.05, 0) is 119 Å². The molecule has 3 heterocycles. The second-order valence-electron chi connectivity index (χ2n) is 15.2. The monoisotopic (exact) mass is 823 g/mol. The Hall–Kier alpha value is -5.34. The number of nitrogens with one attached hydrogen (secondary N) is 3. The molecule has 3 fully saturated rings. The van der Waals surface area contributed by atoms with E-state index in [4.69, 9.17) is 4.74 Å². The van der Waals surface area contributed by atoms with Crippen LogP contribution in [0, 0.1) is 17.2 Å². The summed E-state index contributed by atoms with van der Waals surface area (Å²) in [5.74, 6) is -0.487. The molecule has 58 heavy (non-hydrogen) atoms.